The number of hydrogen-bond acceptors (Lipinski definition) is 3. The molecular formula is C19H19N3O. The Morgan fingerprint density at radius 1 is 1.09 bits per heavy atom. The third kappa shape index (κ3) is 3.31. The molecule has 0 spiro atoms. The summed E-state index contributed by atoms with van der Waals surface area (Å²) in [7, 11) is 1.90. The molecule has 2 aromatic carbocycles. The molecule has 0 saturated carbocycles. The summed E-state index contributed by atoms with van der Waals surface area (Å²) in [6.45, 7) is 2.47. The van der Waals surface area contributed by atoms with Crippen LogP contribution >= 0.6 is 0 Å². The van der Waals surface area contributed by atoms with E-state index in [9.17, 15) is 4.79 Å². The smallest absolute Gasteiger partial charge is 0.251 e. The van der Waals surface area contributed by atoms with Gasteiger partial charge >= 0.3 is 0 Å². The second-order valence-electron chi connectivity index (χ2n) is 5.46. The van der Waals surface area contributed by atoms with E-state index in [2.05, 4.69) is 21.7 Å². The fourth-order valence-electron chi connectivity index (χ4n) is 2.60. The van der Waals surface area contributed by atoms with Crippen molar-refractivity contribution in [2.75, 3.05) is 12.4 Å². The largest absolute Gasteiger partial charge is 0.388 e. The minimum Gasteiger partial charge on any atom is -0.388 e. The van der Waals surface area contributed by atoms with Crippen LogP contribution in [0.5, 0.6) is 0 Å². The highest BCUT2D eigenvalue weighted by Gasteiger charge is 2.07. The summed E-state index contributed by atoms with van der Waals surface area (Å²) in [5.41, 5.74) is 4.69. The van der Waals surface area contributed by atoms with Crippen molar-refractivity contribution in [3.63, 3.8) is 0 Å². The van der Waals surface area contributed by atoms with E-state index in [0.29, 0.717) is 12.1 Å². The van der Waals surface area contributed by atoms with Gasteiger partial charge < -0.3 is 10.6 Å². The number of nitrogens with zero attached hydrogens (tertiary/aromatic N) is 1. The normalized spacial score (nSPS) is 10.5. The lowest BCUT2D eigenvalue weighted by atomic mass is 10.1. The highest BCUT2D eigenvalue weighted by Crippen LogP contribution is 2.24. The van der Waals surface area contributed by atoms with Gasteiger partial charge in [0.25, 0.3) is 5.91 Å². The number of carbonyl (C=O) groups is 1. The summed E-state index contributed by atoms with van der Waals surface area (Å²) in [6.07, 6.45) is 0. The van der Waals surface area contributed by atoms with Crippen molar-refractivity contribution < 1.29 is 4.79 Å². The van der Waals surface area contributed by atoms with E-state index in [1.807, 2.05) is 62.5 Å². The monoisotopic (exact) mass is 305 g/mol. The summed E-state index contributed by atoms with van der Waals surface area (Å²) in [4.78, 5) is 16.7. The van der Waals surface area contributed by atoms with Crippen LogP contribution in [0.4, 0.5) is 5.69 Å². The lowest BCUT2D eigenvalue weighted by Crippen LogP contribution is -2.22. The Morgan fingerprint density at radius 2 is 1.87 bits per heavy atom. The molecule has 2 N–H and O–H groups in total. The van der Waals surface area contributed by atoms with E-state index in [1.165, 1.54) is 0 Å². The average Bonchev–Trinajstić information content (AvgIpc) is 2.59. The van der Waals surface area contributed by atoms with Gasteiger partial charge in [-0.2, -0.15) is 0 Å². The molecule has 0 fully saturated rings. The average molecular weight is 305 g/mol. The molecular weight excluding hydrogens is 286 g/mol. The van der Waals surface area contributed by atoms with Crippen LogP contribution in [0.2, 0.25) is 0 Å². The van der Waals surface area contributed by atoms with E-state index < -0.39 is 0 Å². The first kappa shape index (κ1) is 15.0. The number of anilines is 1. The van der Waals surface area contributed by atoms with Crippen LogP contribution in [0.25, 0.3) is 10.9 Å². The summed E-state index contributed by atoms with van der Waals surface area (Å²) in [6, 6.07) is 17.3. The van der Waals surface area contributed by atoms with Crippen LogP contribution in [0, 0.1) is 6.92 Å². The highest BCUT2D eigenvalue weighted by molar-refractivity contribution is 5.94. The topological polar surface area (TPSA) is 54.0 Å². The molecule has 0 aliphatic heterocycles. The number of carbonyl (C=O) groups excluding carboxylic acids is 1. The second kappa shape index (κ2) is 6.48. The SMILES string of the molecule is CNc1cc(C)nc2ccc(CNC(=O)c3ccccc3)cc12. The van der Waals surface area contributed by atoms with Gasteiger partial charge in [-0.1, -0.05) is 24.3 Å². The minimum atomic E-state index is -0.0680. The fraction of sp³-hybridized carbons (Fsp3) is 0.158. The van der Waals surface area contributed by atoms with Crippen LogP contribution in [0.15, 0.2) is 54.6 Å². The van der Waals surface area contributed by atoms with Gasteiger partial charge in [-0.3, -0.25) is 9.78 Å². The maximum absolute atomic E-state index is 12.1. The standard InChI is InChI=1S/C19H19N3O/c1-13-10-18(20-2)16-11-14(8-9-17(16)22-13)12-21-19(23)15-6-4-3-5-7-15/h3-11H,12H2,1-2H3,(H,20,22)(H,21,23). The maximum atomic E-state index is 12.1. The Labute approximate surface area is 135 Å². The molecule has 0 aliphatic rings. The Balaban J connectivity index is 1.81. The first-order chi connectivity index (χ1) is 11.2. The minimum absolute atomic E-state index is 0.0680. The Bertz CT molecular complexity index is 844. The van der Waals surface area contributed by atoms with Gasteiger partial charge in [0.15, 0.2) is 0 Å². The zero-order chi connectivity index (χ0) is 16.2. The number of amides is 1. The number of fused-ring (bicyclic) bond motifs is 1. The predicted molar refractivity (Wildman–Crippen MR) is 93.6 cm³/mol. The van der Waals surface area contributed by atoms with Crippen LogP contribution in [-0.4, -0.2) is 17.9 Å². The quantitative estimate of drug-likeness (QED) is 0.775. The van der Waals surface area contributed by atoms with Crippen molar-refractivity contribution in [1.82, 2.24) is 10.3 Å². The molecule has 3 rings (SSSR count). The van der Waals surface area contributed by atoms with Crippen LogP contribution in [-0.2, 0) is 6.54 Å². The van der Waals surface area contributed by atoms with Crippen molar-refractivity contribution in [3.8, 4) is 0 Å². The van der Waals surface area contributed by atoms with Crippen LogP contribution < -0.4 is 10.6 Å². The predicted octanol–water partition coefficient (Wildman–Crippen LogP) is 3.51. The molecule has 0 saturated heterocycles. The van der Waals surface area contributed by atoms with Crippen LogP contribution in [0.3, 0.4) is 0 Å². The molecule has 3 aromatic rings. The van der Waals surface area contributed by atoms with Gasteiger partial charge in [0.2, 0.25) is 0 Å². The number of hydrogen-bond donors (Lipinski definition) is 2. The van der Waals surface area contributed by atoms with Crippen molar-refractivity contribution in [2.24, 2.45) is 0 Å². The molecule has 0 atom stereocenters. The van der Waals surface area contributed by atoms with Crippen molar-refractivity contribution >= 4 is 22.5 Å². The zero-order valence-electron chi connectivity index (χ0n) is 13.3. The maximum Gasteiger partial charge on any atom is 0.251 e. The van der Waals surface area contributed by atoms with Crippen molar-refractivity contribution in [2.45, 2.75) is 13.5 Å². The summed E-state index contributed by atoms with van der Waals surface area (Å²) in [5.74, 6) is -0.0680. The van der Waals surface area contributed by atoms with Gasteiger partial charge in [-0.05, 0) is 42.8 Å². The molecule has 1 aromatic heterocycles. The molecule has 116 valence electrons. The van der Waals surface area contributed by atoms with Gasteiger partial charge in [-0.25, -0.2) is 0 Å². The van der Waals surface area contributed by atoms with E-state index >= 15 is 0 Å². The second-order valence-corrected chi connectivity index (χ2v) is 5.46. The van der Waals surface area contributed by atoms with Gasteiger partial charge in [-0.15, -0.1) is 0 Å². The number of aryl methyl sites for hydroxylation is 1. The third-order valence-electron chi connectivity index (χ3n) is 3.76. The molecule has 0 radical (unpaired) electrons. The molecule has 23 heavy (non-hydrogen) atoms. The summed E-state index contributed by atoms with van der Waals surface area (Å²) in [5, 5.41) is 7.21. The molecule has 1 amide bonds. The van der Waals surface area contributed by atoms with Gasteiger partial charge in [0.1, 0.15) is 0 Å². The molecule has 0 unspecified atom stereocenters. The van der Waals surface area contributed by atoms with Crippen molar-refractivity contribution in [1.29, 1.82) is 0 Å². The van der Waals surface area contributed by atoms with Crippen molar-refractivity contribution in [3.05, 3.63) is 71.4 Å². The Kier molecular flexibility index (Phi) is 4.24. The number of benzene rings is 2. The summed E-state index contributed by atoms with van der Waals surface area (Å²) < 4.78 is 0. The van der Waals surface area contributed by atoms with E-state index in [1.54, 1.807) is 0 Å². The number of rotatable bonds is 4. The number of pyridine rings is 1. The lowest BCUT2D eigenvalue weighted by molar-refractivity contribution is 0.0951. The van der Waals surface area contributed by atoms with Gasteiger partial charge in [0, 0.05) is 35.9 Å². The first-order valence-corrected chi connectivity index (χ1v) is 7.58. The van der Waals surface area contributed by atoms with Crippen LogP contribution in [0.1, 0.15) is 21.6 Å². The summed E-state index contributed by atoms with van der Waals surface area (Å²) >= 11 is 0. The molecule has 4 heteroatoms. The zero-order valence-corrected chi connectivity index (χ0v) is 13.3. The molecule has 4 nitrogen and oxygen atoms in total. The number of aromatic nitrogens is 1. The van der Waals surface area contributed by atoms with E-state index in [0.717, 1.165) is 27.8 Å². The fourth-order valence-corrected chi connectivity index (χ4v) is 2.60. The molecule has 1 heterocycles. The molecule has 0 bridgehead atoms. The Morgan fingerprint density at radius 3 is 2.61 bits per heavy atom. The highest BCUT2D eigenvalue weighted by atomic mass is 16.1. The van der Waals surface area contributed by atoms with Gasteiger partial charge in [0.05, 0.1) is 5.52 Å². The lowest BCUT2D eigenvalue weighted by Gasteiger charge is -2.10. The molecule has 0 aliphatic carbocycles. The third-order valence-corrected chi connectivity index (χ3v) is 3.76. The van der Waals surface area contributed by atoms with E-state index in [4.69, 9.17) is 0 Å². The number of nitrogens with one attached hydrogen (secondary N) is 2. The first-order valence-electron chi connectivity index (χ1n) is 7.58. The van der Waals surface area contributed by atoms with E-state index in [-0.39, 0.29) is 5.91 Å². The Hall–Kier alpha value is -2.88.